The molecule has 0 aliphatic heterocycles. The van der Waals surface area contributed by atoms with Crippen molar-refractivity contribution >= 4 is 10.0 Å². The average molecular weight is 463 g/mol. The van der Waals surface area contributed by atoms with Crippen molar-refractivity contribution in [3.8, 4) is 0 Å². The van der Waals surface area contributed by atoms with E-state index < -0.39 is 51.1 Å². The molecule has 0 radical (unpaired) electrons. The van der Waals surface area contributed by atoms with Crippen LogP contribution in [0.4, 0.5) is 65.9 Å². The number of hydrogen-bond acceptors (Lipinski definition) is 2. The zero-order chi connectivity index (χ0) is 22.7. The molecule has 3 nitrogen and oxygen atoms in total. The van der Waals surface area contributed by atoms with Gasteiger partial charge in [0.1, 0.15) is 0 Å². The molecular formula is C8H4F15NO2S. The van der Waals surface area contributed by atoms with Gasteiger partial charge in [0.05, 0.1) is 0 Å². The first-order valence-corrected chi connectivity index (χ1v) is 7.06. The Bertz CT molecular complexity index is 664. The van der Waals surface area contributed by atoms with Crippen LogP contribution in [0.1, 0.15) is 0 Å². The Kier molecular flexibility index (Phi) is 5.92. The fourth-order valence-electron chi connectivity index (χ4n) is 1.25. The van der Waals surface area contributed by atoms with Gasteiger partial charge in [0.25, 0.3) is 10.0 Å². The maximum atomic E-state index is 13.1. The molecule has 0 saturated carbocycles. The number of nitrogens with one attached hydrogen (secondary N) is 1. The van der Waals surface area contributed by atoms with Crippen LogP contribution in [0.2, 0.25) is 0 Å². The highest BCUT2D eigenvalue weighted by molar-refractivity contribution is 7.90. The van der Waals surface area contributed by atoms with E-state index in [1.54, 1.807) is 0 Å². The summed E-state index contributed by atoms with van der Waals surface area (Å²) < 4.78 is 212. The normalized spacial score (nSPS) is 16.6. The molecule has 0 rings (SSSR count). The Morgan fingerprint density at radius 2 is 0.778 bits per heavy atom. The smallest absolute Gasteiger partial charge is 0.213 e. The second kappa shape index (κ2) is 6.18. The lowest BCUT2D eigenvalue weighted by Gasteiger charge is -2.41. The summed E-state index contributed by atoms with van der Waals surface area (Å²) in [5.74, 6) is -41.6. The molecule has 0 bridgehead atoms. The van der Waals surface area contributed by atoms with Crippen LogP contribution in [0.15, 0.2) is 0 Å². The molecule has 1 N–H and O–H groups in total. The molecule has 0 aromatic rings. The number of halogens is 15. The molecule has 0 unspecified atom stereocenters. The van der Waals surface area contributed by atoms with Gasteiger partial charge in [0, 0.05) is 0 Å². The van der Waals surface area contributed by atoms with E-state index in [4.69, 9.17) is 0 Å². The monoisotopic (exact) mass is 463 g/mol. The Hall–Kier alpha value is -1.14. The third-order valence-corrected chi connectivity index (χ3v) is 4.37. The third kappa shape index (κ3) is 3.09. The van der Waals surface area contributed by atoms with E-state index in [-0.39, 0.29) is 11.8 Å². The minimum absolute atomic E-state index is 0.151. The van der Waals surface area contributed by atoms with Crippen LogP contribution in [0.25, 0.3) is 0 Å². The summed E-state index contributed by atoms with van der Waals surface area (Å²) in [4.78, 5) is 0. The SMILES string of the molecule is CNS(=O)(=O)C(F)(F)C(F)(F)C(F)(F)C(F)(F)C(F)(F)C(F)(F)C(F)(F)F. The number of rotatable bonds is 7. The number of sulfonamides is 1. The molecule has 0 aromatic heterocycles. The highest BCUT2D eigenvalue weighted by Gasteiger charge is 2.94. The quantitative estimate of drug-likeness (QED) is 0.584. The van der Waals surface area contributed by atoms with Gasteiger partial charge in [-0.1, -0.05) is 0 Å². The van der Waals surface area contributed by atoms with E-state index in [1.165, 1.54) is 0 Å². The largest absolute Gasteiger partial charge is 0.460 e. The molecule has 0 heterocycles. The van der Waals surface area contributed by atoms with E-state index in [2.05, 4.69) is 0 Å². The van der Waals surface area contributed by atoms with Gasteiger partial charge in [0.2, 0.25) is 0 Å². The van der Waals surface area contributed by atoms with Crippen molar-refractivity contribution in [2.45, 2.75) is 41.0 Å². The molecule has 19 heteroatoms. The minimum atomic E-state index is -8.52. The van der Waals surface area contributed by atoms with Crippen molar-refractivity contribution in [3.63, 3.8) is 0 Å². The van der Waals surface area contributed by atoms with Crippen LogP contribution in [-0.4, -0.2) is 56.5 Å². The van der Waals surface area contributed by atoms with Crippen LogP contribution in [-0.2, 0) is 10.0 Å². The highest BCUT2D eigenvalue weighted by atomic mass is 32.2. The lowest BCUT2D eigenvalue weighted by atomic mass is 9.94. The van der Waals surface area contributed by atoms with Gasteiger partial charge in [-0.2, -0.15) is 65.9 Å². The van der Waals surface area contributed by atoms with Crippen molar-refractivity contribution in [2.24, 2.45) is 0 Å². The molecule has 0 aliphatic carbocycles. The molecular weight excluding hydrogens is 459 g/mol. The molecule has 0 atom stereocenters. The fourth-order valence-corrected chi connectivity index (χ4v) is 1.97. The summed E-state index contributed by atoms with van der Waals surface area (Å²) in [5, 5.41) is -7.36. The number of hydrogen-bond donors (Lipinski definition) is 1. The molecule has 0 saturated heterocycles. The first-order valence-electron chi connectivity index (χ1n) is 5.58. The van der Waals surface area contributed by atoms with Crippen LogP contribution in [0, 0.1) is 0 Å². The van der Waals surface area contributed by atoms with Crippen molar-refractivity contribution in [2.75, 3.05) is 7.05 Å². The van der Waals surface area contributed by atoms with Gasteiger partial charge in [-0.25, -0.2) is 13.1 Å². The minimum Gasteiger partial charge on any atom is -0.213 e. The van der Waals surface area contributed by atoms with Gasteiger partial charge in [-0.3, -0.25) is 0 Å². The molecule has 0 spiro atoms. The first kappa shape index (κ1) is 25.9. The standard InChI is InChI=1S/C8H4F15NO2S/c1-24-27(25,26)8(22,23)6(17,18)4(13,14)2(9,10)3(11,12)5(15,16)7(19,20)21/h24H,1H3. The van der Waals surface area contributed by atoms with E-state index in [0.717, 1.165) is 0 Å². The average Bonchev–Trinajstić information content (AvgIpc) is 2.44. The first-order chi connectivity index (χ1) is 11.3. The summed E-state index contributed by atoms with van der Waals surface area (Å²) in [5.41, 5.74) is 0. The fraction of sp³-hybridized carbons (Fsp3) is 1.00. The van der Waals surface area contributed by atoms with E-state index in [0.29, 0.717) is 0 Å². The summed E-state index contributed by atoms with van der Waals surface area (Å²) in [6, 6.07) is 0. The Balaban J connectivity index is 6.74. The third-order valence-electron chi connectivity index (χ3n) is 2.91. The Labute approximate surface area is 138 Å². The predicted octanol–water partition coefficient (Wildman–Crippen LogP) is 3.87. The van der Waals surface area contributed by atoms with Crippen LogP contribution in [0.3, 0.4) is 0 Å². The van der Waals surface area contributed by atoms with Crippen LogP contribution < -0.4 is 4.72 Å². The van der Waals surface area contributed by atoms with E-state index in [1.807, 2.05) is 0 Å². The van der Waals surface area contributed by atoms with Crippen molar-refractivity contribution in [1.29, 1.82) is 0 Å². The summed E-state index contributed by atoms with van der Waals surface area (Å²) >= 11 is 0. The summed E-state index contributed by atoms with van der Waals surface area (Å²) in [7, 11) is -7.16. The molecule has 164 valence electrons. The van der Waals surface area contributed by atoms with Gasteiger partial charge in [0.15, 0.2) is 0 Å². The van der Waals surface area contributed by atoms with Crippen molar-refractivity contribution in [1.82, 2.24) is 4.72 Å². The van der Waals surface area contributed by atoms with Crippen molar-refractivity contribution in [3.05, 3.63) is 0 Å². The Morgan fingerprint density at radius 3 is 1.04 bits per heavy atom. The number of alkyl halides is 15. The molecule has 0 aliphatic rings. The second-order valence-electron chi connectivity index (χ2n) is 4.59. The van der Waals surface area contributed by atoms with Gasteiger partial charge >= 0.3 is 41.0 Å². The van der Waals surface area contributed by atoms with Crippen LogP contribution >= 0.6 is 0 Å². The van der Waals surface area contributed by atoms with Crippen LogP contribution in [0.5, 0.6) is 0 Å². The zero-order valence-corrected chi connectivity index (χ0v) is 12.7. The lowest BCUT2D eigenvalue weighted by Crippen LogP contribution is -2.73. The van der Waals surface area contributed by atoms with Gasteiger partial charge < -0.3 is 0 Å². The zero-order valence-electron chi connectivity index (χ0n) is 11.9. The molecule has 0 fully saturated rings. The summed E-state index contributed by atoms with van der Waals surface area (Å²) in [6.45, 7) is 0. The molecule has 0 amide bonds. The predicted molar refractivity (Wildman–Crippen MR) is 53.7 cm³/mol. The topological polar surface area (TPSA) is 46.2 Å². The van der Waals surface area contributed by atoms with Gasteiger partial charge in [-0.05, 0) is 7.05 Å². The summed E-state index contributed by atoms with van der Waals surface area (Å²) in [6.07, 6.45) is -7.72. The Morgan fingerprint density at radius 1 is 0.519 bits per heavy atom. The maximum Gasteiger partial charge on any atom is 0.460 e. The maximum absolute atomic E-state index is 13.1. The highest BCUT2D eigenvalue weighted by Crippen LogP contribution is 2.62. The van der Waals surface area contributed by atoms with Crippen molar-refractivity contribution < 1.29 is 74.3 Å². The lowest BCUT2D eigenvalue weighted by molar-refractivity contribution is -0.447. The van der Waals surface area contributed by atoms with E-state index >= 15 is 0 Å². The second-order valence-corrected chi connectivity index (χ2v) is 6.52. The van der Waals surface area contributed by atoms with Gasteiger partial charge in [-0.15, -0.1) is 0 Å². The molecule has 27 heavy (non-hydrogen) atoms. The molecule has 0 aromatic carbocycles. The van der Waals surface area contributed by atoms with E-state index in [9.17, 15) is 74.3 Å².